The fourth-order valence-electron chi connectivity index (χ4n) is 1.51. The Morgan fingerprint density at radius 1 is 1.39 bits per heavy atom. The molecule has 0 aromatic carbocycles. The normalized spacial score (nSPS) is 12.9. The first-order valence-corrected chi connectivity index (χ1v) is 7.21. The van der Waals surface area contributed by atoms with E-state index in [9.17, 15) is 13.6 Å². The van der Waals surface area contributed by atoms with E-state index in [0.717, 1.165) is 44.4 Å². The molecule has 0 fully saturated rings. The molecule has 102 valence electrons. The molecular weight excluding hydrogens is 258 g/mol. The molecule has 18 heavy (non-hydrogen) atoms. The minimum absolute atomic E-state index is 0.0583. The molecule has 7 heteroatoms. The van der Waals surface area contributed by atoms with Crippen LogP contribution in [0.5, 0.6) is 0 Å². The smallest absolute Gasteiger partial charge is 0.298 e. The number of rotatable bonds is 7. The molecule has 0 spiro atoms. The van der Waals surface area contributed by atoms with Gasteiger partial charge in [0.15, 0.2) is 12.8 Å². The minimum Gasteiger partial charge on any atom is -0.624 e. The lowest BCUT2D eigenvalue weighted by molar-refractivity contribution is -0.453. The quantitative estimate of drug-likeness (QED) is 0.205. The van der Waals surface area contributed by atoms with E-state index in [1.54, 1.807) is 0 Å². The second kappa shape index (κ2) is 6.55. The zero-order valence-electron chi connectivity index (χ0n) is 10.2. The molecule has 1 aromatic rings. The molecule has 0 radical (unpaired) electrons. The molecule has 0 bridgehead atoms. The molecule has 1 heterocycles. The highest BCUT2D eigenvalue weighted by atomic mass is 32.2. The van der Waals surface area contributed by atoms with Crippen LogP contribution in [-0.4, -0.2) is 30.5 Å². The van der Waals surface area contributed by atoms with Gasteiger partial charge in [-0.2, -0.15) is 8.42 Å². The van der Waals surface area contributed by atoms with Crippen molar-refractivity contribution in [1.82, 2.24) is 0 Å². The Labute approximate surface area is 106 Å². The van der Waals surface area contributed by atoms with Crippen LogP contribution in [0.4, 0.5) is 0 Å². The highest BCUT2D eigenvalue weighted by Crippen LogP contribution is 2.14. The first-order valence-electron chi connectivity index (χ1n) is 5.77. The van der Waals surface area contributed by atoms with Crippen molar-refractivity contribution in [2.75, 3.05) is 6.54 Å². The van der Waals surface area contributed by atoms with Crippen LogP contribution in [0, 0.1) is 5.21 Å². The molecule has 0 atom stereocenters. The second-order valence-corrected chi connectivity index (χ2v) is 5.39. The Morgan fingerprint density at radius 2 is 2.11 bits per heavy atom. The topological polar surface area (TPSA) is 93.6 Å². The van der Waals surface area contributed by atoms with Gasteiger partial charge >= 0.3 is 0 Å². The monoisotopic (exact) mass is 275 g/mol. The molecule has 1 rings (SSSR count). The molecule has 1 N–H and O–H groups in total. The van der Waals surface area contributed by atoms with Crippen molar-refractivity contribution in [3.63, 3.8) is 0 Å². The lowest BCUT2D eigenvalue weighted by Gasteiger charge is -2.03. The van der Waals surface area contributed by atoms with Gasteiger partial charge in [-0.1, -0.05) is 19.8 Å². The van der Waals surface area contributed by atoms with Crippen molar-refractivity contribution in [2.45, 2.75) is 37.5 Å². The first kappa shape index (κ1) is 14.7. The van der Waals surface area contributed by atoms with Crippen LogP contribution in [0.25, 0.3) is 0 Å². The number of hydrogen-bond donors (Lipinski definition) is 1. The molecule has 0 aliphatic rings. The summed E-state index contributed by atoms with van der Waals surface area (Å²) in [5, 5.41) is 11.5. The van der Waals surface area contributed by atoms with Crippen molar-refractivity contribution in [3.8, 4) is 0 Å². The lowest BCUT2D eigenvalue weighted by Crippen LogP contribution is -2.09. The summed E-state index contributed by atoms with van der Waals surface area (Å²) in [6.07, 6.45) is 6.96. The van der Waals surface area contributed by atoms with E-state index in [1.807, 2.05) is 0 Å². The number of unbranched alkanes of at least 4 members (excludes halogenated alkanes) is 3. The summed E-state index contributed by atoms with van der Waals surface area (Å²) in [6.45, 7) is 2.36. The van der Waals surface area contributed by atoms with Gasteiger partial charge in [0, 0.05) is 6.42 Å². The Hall–Kier alpha value is -1.34. The maximum Gasteiger partial charge on any atom is 0.298 e. The van der Waals surface area contributed by atoms with E-state index >= 15 is 0 Å². The SMILES string of the molecule is CCCCCC[N+]([O-])=Cc1cocc1S(=O)(=O)O. The third-order valence-electron chi connectivity index (χ3n) is 2.45. The maximum atomic E-state index is 11.5. The second-order valence-electron chi connectivity index (χ2n) is 4.00. The maximum absolute atomic E-state index is 11.5. The summed E-state index contributed by atoms with van der Waals surface area (Å²) in [4.78, 5) is -0.392. The van der Waals surface area contributed by atoms with Crippen LogP contribution < -0.4 is 0 Å². The van der Waals surface area contributed by atoms with Crippen LogP contribution in [0.1, 0.15) is 38.2 Å². The number of nitrogens with zero attached hydrogens (tertiary/aromatic N) is 1. The molecule has 0 aliphatic heterocycles. The van der Waals surface area contributed by atoms with Crippen molar-refractivity contribution in [2.24, 2.45) is 0 Å². The Morgan fingerprint density at radius 3 is 2.72 bits per heavy atom. The van der Waals surface area contributed by atoms with Crippen LogP contribution in [0.15, 0.2) is 21.8 Å². The summed E-state index contributed by atoms with van der Waals surface area (Å²) >= 11 is 0. The summed E-state index contributed by atoms with van der Waals surface area (Å²) in [5.41, 5.74) is 0.0583. The Kier molecular flexibility index (Phi) is 5.36. The molecular formula is C11H17NO5S. The molecule has 6 nitrogen and oxygen atoms in total. The summed E-state index contributed by atoms with van der Waals surface area (Å²) in [7, 11) is -4.36. The molecule has 0 saturated heterocycles. The van der Waals surface area contributed by atoms with Gasteiger partial charge in [-0.3, -0.25) is 4.55 Å². The van der Waals surface area contributed by atoms with Gasteiger partial charge in [-0.05, 0) is 6.42 Å². The largest absolute Gasteiger partial charge is 0.624 e. The fraction of sp³-hybridized carbons (Fsp3) is 0.545. The minimum atomic E-state index is -4.36. The van der Waals surface area contributed by atoms with Gasteiger partial charge < -0.3 is 9.62 Å². The van der Waals surface area contributed by atoms with E-state index < -0.39 is 15.0 Å². The fourth-order valence-corrected chi connectivity index (χ4v) is 2.09. The molecule has 0 aliphatic carbocycles. The molecule has 0 unspecified atom stereocenters. The lowest BCUT2D eigenvalue weighted by atomic mass is 10.2. The van der Waals surface area contributed by atoms with Crippen molar-refractivity contribution < 1.29 is 22.1 Å². The van der Waals surface area contributed by atoms with Gasteiger partial charge in [0.2, 0.25) is 0 Å². The zero-order valence-corrected chi connectivity index (χ0v) is 11.0. The van der Waals surface area contributed by atoms with E-state index in [0.29, 0.717) is 4.74 Å². The Bertz CT molecular complexity index is 503. The summed E-state index contributed by atoms with van der Waals surface area (Å²) in [5.74, 6) is 0. The first-order chi connectivity index (χ1) is 8.45. The number of hydroxylamine groups is 1. The third-order valence-corrected chi connectivity index (χ3v) is 3.34. The Balaban J connectivity index is 2.68. The van der Waals surface area contributed by atoms with Gasteiger partial charge in [0.25, 0.3) is 10.1 Å². The van der Waals surface area contributed by atoms with Crippen molar-refractivity contribution in [3.05, 3.63) is 23.3 Å². The van der Waals surface area contributed by atoms with E-state index in [-0.39, 0.29) is 12.1 Å². The summed E-state index contributed by atoms with van der Waals surface area (Å²) < 4.78 is 36.1. The third kappa shape index (κ3) is 4.50. The molecule has 1 aromatic heterocycles. The van der Waals surface area contributed by atoms with Crippen LogP contribution in [0.3, 0.4) is 0 Å². The van der Waals surface area contributed by atoms with Gasteiger partial charge in [0.05, 0.1) is 5.56 Å². The van der Waals surface area contributed by atoms with Gasteiger partial charge in [-0.15, -0.1) is 0 Å². The van der Waals surface area contributed by atoms with E-state index in [1.165, 1.54) is 0 Å². The van der Waals surface area contributed by atoms with Gasteiger partial charge in [-0.25, -0.2) is 4.74 Å². The van der Waals surface area contributed by atoms with E-state index in [2.05, 4.69) is 11.3 Å². The predicted molar refractivity (Wildman–Crippen MR) is 66.3 cm³/mol. The number of hydrogen-bond acceptors (Lipinski definition) is 4. The van der Waals surface area contributed by atoms with E-state index in [4.69, 9.17) is 4.55 Å². The standard InChI is InChI=1S/C11H17NO5S/c1-2-3-4-5-6-12(13)7-10-8-17-9-11(10)18(14,15)16/h7-9H,2-6H2,1H3,(H,14,15,16). The van der Waals surface area contributed by atoms with Crippen LogP contribution in [0.2, 0.25) is 0 Å². The number of furan rings is 1. The zero-order chi connectivity index (χ0) is 13.6. The molecule has 0 amide bonds. The predicted octanol–water partition coefficient (Wildman–Crippen LogP) is 2.04. The van der Waals surface area contributed by atoms with Crippen molar-refractivity contribution >= 4 is 16.3 Å². The average molecular weight is 275 g/mol. The summed E-state index contributed by atoms with van der Waals surface area (Å²) in [6, 6.07) is 0. The van der Waals surface area contributed by atoms with Crippen molar-refractivity contribution in [1.29, 1.82) is 0 Å². The molecule has 0 saturated carbocycles. The van der Waals surface area contributed by atoms with Gasteiger partial charge in [0.1, 0.15) is 17.4 Å². The average Bonchev–Trinajstić information content (AvgIpc) is 2.72. The highest BCUT2D eigenvalue weighted by Gasteiger charge is 2.18. The van der Waals surface area contributed by atoms with Crippen LogP contribution in [-0.2, 0) is 10.1 Å². The highest BCUT2D eigenvalue weighted by molar-refractivity contribution is 7.86. The van der Waals surface area contributed by atoms with Crippen LogP contribution >= 0.6 is 0 Å².